The van der Waals surface area contributed by atoms with E-state index in [2.05, 4.69) is 5.32 Å². The van der Waals surface area contributed by atoms with Gasteiger partial charge >= 0.3 is 0 Å². The molecule has 6 nitrogen and oxygen atoms in total. The third-order valence-electron chi connectivity index (χ3n) is 5.10. The molecule has 1 saturated carbocycles. The largest absolute Gasteiger partial charge is 0.508 e. The van der Waals surface area contributed by atoms with Crippen LogP contribution in [0.2, 0.25) is 0 Å². The van der Waals surface area contributed by atoms with Crippen LogP contribution in [0.4, 0.5) is 5.00 Å². The minimum atomic E-state index is -0.115. The van der Waals surface area contributed by atoms with Crippen LogP contribution in [0, 0.1) is 5.92 Å². The number of para-hydroxylation sites is 1. The third-order valence-corrected chi connectivity index (χ3v) is 6.09. The summed E-state index contributed by atoms with van der Waals surface area (Å²) in [5, 5.41) is 13.7. The van der Waals surface area contributed by atoms with Gasteiger partial charge in [0.05, 0.1) is 16.0 Å². The molecule has 2 aromatic rings. The highest BCUT2D eigenvalue weighted by Gasteiger charge is 2.30. The summed E-state index contributed by atoms with van der Waals surface area (Å²) in [5.74, 6) is 0.219. The predicted molar refractivity (Wildman–Crippen MR) is 107 cm³/mol. The quantitative estimate of drug-likeness (QED) is 0.744. The van der Waals surface area contributed by atoms with E-state index in [4.69, 9.17) is 4.74 Å². The summed E-state index contributed by atoms with van der Waals surface area (Å²) < 4.78 is 5.72. The van der Waals surface area contributed by atoms with Crippen molar-refractivity contribution < 1.29 is 19.4 Å². The minimum Gasteiger partial charge on any atom is -0.508 e. The number of phenols is 1. The van der Waals surface area contributed by atoms with E-state index < -0.39 is 0 Å². The molecule has 0 bridgehead atoms. The number of anilines is 1. The highest BCUT2D eigenvalue weighted by atomic mass is 32.1. The van der Waals surface area contributed by atoms with E-state index in [0.29, 0.717) is 28.5 Å². The third kappa shape index (κ3) is 4.54. The fourth-order valence-corrected chi connectivity index (χ4v) is 4.23. The first-order valence-electron chi connectivity index (χ1n) is 9.68. The zero-order chi connectivity index (χ0) is 19.5. The summed E-state index contributed by atoms with van der Waals surface area (Å²) >= 11 is 1.29. The number of phenolic OH excluding ortho intramolecular Hbond substituents is 1. The van der Waals surface area contributed by atoms with Gasteiger partial charge in [0.1, 0.15) is 5.75 Å². The standard InChI is InChI=1S/C21H24N2O4S/c24-17-6-2-1-4-15(17)12-23(13-16-5-3-11-27-16)21(26)18-9-10-19(28-18)22-20(25)14-7-8-14/h1-2,4,6,9-10,14,16,24H,3,5,7-8,11-13H2,(H,22,25). The Kier molecular flexibility index (Phi) is 5.64. The van der Waals surface area contributed by atoms with Crippen molar-refractivity contribution in [3.05, 3.63) is 46.8 Å². The van der Waals surface area contributed by atoms with E-state index >= 15 is 0 Å². The van der Waals surface area contributed by atoms with Crippen molar-refractivity contribution in [2.45, 2.75) is 38.3 Å². The second-order valence-corrected chi connectivity index (χ2v) is 8.46. The summed E-state index contributed by atoms with van der Waals surface area (Å²) in [4.78, 5) is 27.4. The first kappa shape index (κ1) is 19.0. The molecule has 2 N–H and O–H groups in total. The van der Waals surface area contributed by atoms with Crippen LogP contribution < -0.4 is 5.32 Å². The lowest BCUT2D eigenvalue weighted by atomic mass is 10.1. The molecule has 2 heterocycles. The SMILES string of the molecule is O=C(Nc1ccc(C(=O)N(Cc2ccccc2O)CC2CCCO2)s1)C1CC1. The van der Waals surface area contributed by atoms with Crippen molar-refractivity contribution in [3.8, 4) is 5.75 Å². The van der Waals surface area contributed by atoms with Crippen LogP contribution in [-0.4, -0.2) is 41.1 Å². The Balaban J connectivity index is 1.49. The van der Waals surface area contributed by atoms with Crippen molar-refractivity contribution in [1.82, 2.24) is 4.90 Å². The van der Waals surface area contributed by atoms with Crippen LogP contribution in [0.3, 0.4) is 0 Å². The molecule has 7 heteroatoms. The Labute approximate surface area is 168 Å². The summed E-state index contributed by atoms with van der Waals surface area (Å²) in [6.45, 7) is 1.52. The van der Waals surface area contributed by atoms with E-state index in [1.165, 1.54) is 11.3 Å². The van der Waals surface area contributed by atoms with Gasteiger partial charge in [-0.3, -0.25) is 9.59 Å². The molecular formula is C21H24N2O4S. The molecule has 148 valence electrons. The number of amides is 2. The van der Waals surface area contributed by atoms with Crippen molar-refractivity contribution in [1.29, 1.82) is 0 Å². The maximum atomic E-state index is 13.2. The lowest BCUT2D eigenvalue weighted by Gasteiger charge is -2.25. The molecule has 1 aromatic heterocycles. The molecule has 1 aromatic carbocycles. The molecule has 2 amide bonds. The van der Waals surface area contributed by atoms with E-state index in [9.17, 15) is 14.7 Å². The van der Waals surface area contributed by atoms with Crippen LogP contribution >= 0.6 is 11.3 Å². The summed E-state index contributed by atoms with van der Waals surface area (Å²) in [6.07, 6.45) is 3.83. The molecule has 0 spiro atoms. The van der Waals surface area contributed by atoms with Crippen LogP contribution in [0.25, 0.3) is 0 Å². The second-order valence-electron chi connectivity index (χ2n) is 7.38. The number of aromatic hydroxyl groups is 1. The molecule has 28 heavy (non-hydrogen) atoms. The molecule has 4 rings (SSSR count). The number of thiophene rings is 1. The van der Waals surface area contributed by atoms with Crippen LogP contribution in [0.15, 0.2) is 36.4 Å². The van der Waals surface area contributed by atoms with Crippen molar-refractivity contribution in [2.24, 2.45) is 5.92 Å². The average molecular weight is 401 g/mol. The van der Waals surface area contributed by atoms with Crippen molar-refractivity contribution in [3.63, 3.8) is 0 Å². The highest BCUT2D eigenvalue weighted by Crippen LogP contribution is 2.32. The van der Waals surface area contributed by atoms with Crippen LogP contribution in [-0.2, 0) is 16.1 Å². The average Bonchev–Trinajstić information content (AvgIpc) is 3.23. The minimum absolute atomic E-state index is 0.0174. The Hall–Kier alpha value is -2.38. The van der Waals surface area contributed by atoms with Crippen molar-refractivity contribution >= 4 is 28.2 Å². The molecule has 2 aliphatic rings. The van der Waals surface area contributed by atoms with Gasteiger partial charge in [-0.2, -0.15) is 0 Å². The molecule has 1 aliphatic carbocycles. The summed E-state index contributed by atoms with van der Waals surface area (Å²) in [6, 6.07) is 10.6. The lowest BCUT2D eigenvalue weighted by molar-refractivity contribution is -0.117. The topological polar surface area (TPSA) is 78.9 Å². The number of carbonyl (C=O) groups is 2. The molecule has 1 saturated heterocycles. The first-order valence-corrected chi connectivity index (χ1v) is 10.5. The van der Waals surface area contributed by atoms with Gasteiger partial charge in [-0.25, -0.2) is 0 Å². The normalized spacial score (nSPS) is 18.8. The van der Waals surface area contributed by atoms with Gasteiger partial charge < -0.3 is 20.1 Å². The monoisotopic (exact) mass is 400 g/mol. The number of hydrogen-bond acceptors (Lipinski definition) is 5. The molecule has 1 aliphatic heterocycles. The number of nitrogens with one attached hydrogen (secondary N) is 1. The molecular weight excluding hydrogens is 376 g/mol. The van der Waals surface area contributed by atoms with Gasteiger partial charge in [0.25, 0.3) is 5.91 Å². The Morgan fingerprint density at radius 1 is 1.18 bits per heavy atom. The molecule has 2 fully saturated rings. The van der Waals surface area contributed by atoms with Crippen LogP contribution in [0.5, 0.6) is 5.75 Å². The smallest absolute Gasteiger partial charge is 0.264 e. The van der Waals surface area contributed by atoms with Gasteiger partial charge in [0.2, 0.25) is 5.91 Å². The molecule has 1 unspecified atom stereocenters. The number of rotatable bonds is 7. The fourth-order valence-electron chi connectivity index (χ4n) is 3.35. The van der Waals surface area contributed by atoms with Gasteiger partial charge in [0.15, 0.2) is 0 Å². The second kappa shape index (κ2) is 8.32. The summed E-state index contributed by atoms with van der Waals surface area (Å²) in [5.41, 5.74) is 0.702. The van der Waals surface area contributed by atoms with E-state index in [1.807, 2.05) is 12.1 Å². The Morgan fingerprint density at radius 3 is 2.71 bits per heavy atom. The first-order chi connectivity index (χ1) is 13.6. The molecule has 0 radical (unpaired) electrons. The van der Waals surface area contributed by atoms with Crippen LogP contribution in [0.1, 0.15) is 40.9 Å². The highest BCUT2D eigenvalue weighted by molar-refractivity contribution is 7.18. The van der Waals surface area contributed by atoms with Gasteiger partial charge in [-0.15, -0.1) is 11.3 Å². The molecule has 1 atom stereocenters. The van der Waals surface area contributed by atoms with E-state index in [-0.39, 0.29) is 29.6 Å². The number of carbonyl (C=O) groups excluding carboxylic acids is 2. The lowest BCUT2D eigenvalue weighted by Crippen LogP contribution is -2.36. The number of ether oxygens (including phenoxy) is 1. The number of benzene rings is 1. The summed E-state index contributed by atoms with van der Waals surface area (Å²) in [7, 11) is 0. The maximum Gasteiger partial charge on any atom is 0.264 e. The predicted octanol–water partition coefficient (Wildman–Crippen LogP) is 3.62. The zero-order valence-electron chi connectivity index (χ0n) is 15.6. The Bertz CT molecular complexity index is 856. The fraction of sp³-hybridized carbons (Fsp3) is 0.429. The van der Waals surface area contributed by atoms with Crippen molar-refractivity contribution in [2.75, 3.05) is 18.5 Å². The Morgan fingerprint density at radius 2 is 2.00 bits per heavy atom. The number of nitrogens with zero attached hydrogens (tertiary/aromatic N) is 1. The number of hydrogen-bond donors (Lipinski definition) is 2. The van der Waals surface area contributed by atoms with Gasteiger partial charge in [-0.1, -0.05) is 18.2 Å². The van der Waals surface area contributed by atoms with E-state index in [0.717, 1.165) is 32.3 Å². The zero-order valence-corrected chi connectivity index (χ0v) is 16.4. The van der Waals surface area contributed by atoms with E-state index in [1.54, 1.807) is 29.2 Å². The maximum absolute atomic E-state index is 13.2. The van der Waals surface area contributed by atoms with Gasteiger partial charge in [-0.05, 0) is 43.9 Å². The van der Waals surface area contributed by atoms with Gasteiger partial charge in [0, 0.05) is 31.2 Å².